The number of nitrogens with zero attached hydrogens (tertiary/aromatic N) is 1. The fraction of sp³-hybridized carbons (Fsp3) is 0.600. The first-order chi connectivity index (χ1) is 9.77. The van der Waals surface area contributed by atoms with E-state index in [1.54, 1.807) is 0 Å². The van der Waals surface area contributed by atoms with E-state index in [0.717, 1.165) is 57.4 Å². The zero-order valence-electron chi connectivity index (χ0n) is 12.2. The molecule has 0 radical (unpaired) electrons. The van der Waals surface area contributed by atoms with E-state index in [1.807, 2.05) is 12.1 Å². The molecule has 0 amide bonds. The van der Waals surface area contributed by atoms with Gasteiger partial charge in [0.05, 0.1) is 0 Å². The van der Waals surface area contributed by atoms with Gasteiger partial charge >= 0.3 is 0 Å². The van der Waals surface area contributed by atoms with E-state index in [4.69, 9.17) is 11.6 Å². The zero-order chi connectivity index (χ0) is 14.2. The highest BCUT2D eigenvalue weighted by Crippen LogP contribution is 2.23. The summed E-state index contributed by atoms with van der Waals surface area (Å²) in [6.45, 7) is 11.0. The molecule has 112 valence electrons. The molecule has 0 aromatic heterocycles. The third kappa shape index (κ3) is 4.94. The predicted molar refractivity (Wildman–Crippen MR) is 87.0 cm³/mol. The largest absolute Gasteiger partial charge is 0.369 e. The average Bonchev–Trinajstić information content (AvgIpc) is 2.50. The molecule has 5 heteroatoms. The van der Waals surface area contributed by atoms with Crippen LogP contribution in [-0.4, -0.2) is 52.4 Å². The summed E-state index contributed by atoms with van der Waals surface area (Å²) in [4.78, 5) is 2.40. The van der Waals surface area contributed by atoms with E-state index in [2.05, 4.69) is 33.8 Å². The zero-order valence-corrected chi connectivity index (χ0v) is 13.0. The molecule has 0 atom stereocenters. The molecular weight excluding hydrogens is 272 g/mol. The van der Waals surface area contributed by atoms with Gasteiger partial charge in [-0.25, -0.2) is 0 Å². The SMILES string of the molecule is C1CNCCN1.Cc1cc(Cl)ccc1N1CCNCC1. The van der Waals surface area contributed by atoms with Crippen molar-refractivity contribution in [1.82, 2.24) is 16.0 Å². The van der Waals surface area contributed by atoms with Gasteiger partial charge in [-0.05, 0) is 30.7 Å². The number of hydrogen-bond donors (Lipinski definition) is 3. The van der Waals surface area contributed by atoms with Crippen molar-refractivity contribution in [3.63, 3.8) is 0 Å². The Hall–Kier alpha value is -0.810. The van der Waals surface area contributed by atoms with Crippen LogP contribution in [0.3, 0.4) is 0 Å². The lowest BCUT2D eigenvalue weighted by Crippen LogP contribution is -2.43. The second kappa shape index (κ2) is 8.47. The monoisotopic (exact) mass is 296 g/mol. The van der Waals surface area contributed by atoms with Crippen LogP contribution in [0.4, 0.5) is 5.69 Å². The molecule has 0 spiro atoms. The number of rotatable bonds is 1. The smallest absolute Gasteiger partial charge is 0.0410 e. The molecule has 1 aromatic rings. The maximum Gasteiger partial charge on any atom is 0.0410 e. The molecule has 2 aliphatic rings. The maximum atomic E-state index is 5.93. The first kappa shape index (κ1) is 15.6. The highest BCUT2D eigenvalue weighted by molar-refractivity contribution is 6.30. The Kier molecular flexibility index (Phi) is 6.60. The highest BCUT2D eigenvalue weighted by Gasteiger charge is 2.11. The van der Waals surface area contributed by atoms with Crippen LogP contribution in [0, 0.1) is 6.92 Å². The quantitative estimate of drug-likeness (QED) is 0.729. The molecule has 0 bridgehead atoms. The number of aryl methyl sites for hydroxylation is 1. The molecule has 2 fully saturated rings. The predicted octanol–water partition coefficient (Wildman–Crippen LogP) is 1.24. The standard InChI is InChI=1S/C11H15ClN2.C4H10N2/c1-9-8-10(12)2-3-11(9)14-6-4-13-5-7-14;1-2-6-4-3-5-1/h2-3,8,13H,4-7H2,1H3;5-6H,1-4H2. The Bertz CT molecular complexity index is 389. The number of nitrogens with one attached hydrogen (secondary N) is 3. The Labute approximate surface area is 126 Å². The molecule has 3 rings (SSSR count). The van der Waals surface area contributed by atoms with Gasteiger partial charge in [-0.3, -0.25) is 0 Å². The van der Waals surface area contributed by atoms with Crippen LogP contribution in [0.25, 0.3) is 0 Å². The lowest BCUT2D eigenvalue weighted by atomic mass is 10.1. The van der Waals surface area contributed by atoms with Crippen molar-refractivity contribution in [3.8, 4) is 0 Å². The van der Waals surface area contributed by atoms with Crippen LogP contribution in [0.5, 0.6) is 0 Å². The Morgan fingerprint density at radius 2 is 1.45 bits per heavy atom. The summed E-state index contributed by atoms with van der Waals surface area (Å²) in [5, 5.41) is 10.6. The van der Waals surface area contributed by atoms with E-state index in [1.165, 1.54) is 11.3 Å². The van der Waals surface area contributed by atoms with Gasteiger partial charge in [0.1, 0.15) is 0 Å². The average molecular weight is 297 g/mol. The summed E-state index contributed by atoms with van der Waals surface area (Å²) in [6, 6.07) is 6.10. The minimum atomic E-state index is 0.821. The molecule has 0 unspecified atom stereocenters. The third-order valence-electron chi connectivity index (χ3n) is 3.57. The summed E-state index contributed by atoms with van der Waals surface area (Å²) in [6.07, 6.45) is 0. The molecular formula is C15H25ClN4. The first-order valence-electron chi connectivity index (χ1n) is 7.40. The molecule has 0 aliphatic carbocycles. The molecule has 3 N–H and O–H groups in total. The van der Waals surface area contributed by atoms with E-state index in [0.29, 0.717) is 0 Å². The van der Waals surface area contributed by atoms with Gasteiger partial charge in [0.25, 0.3) is 0 Å². The van der Waals surface area contributed by atoms with Gasteiger partial charge in [0, 0.05) is 63.1 Å². The van der Waals surface area contributed by atoms with E-state index in [9.17, 15) is 0 Å². The number of piperazine rings is 2. The molecule has 1 aromatic carbocycles. The molecule has 20 heavy (non-hydrogen) atoms. The lowest BCUT2D eigenvalue weighted by Gasteiger charge is -2.30. The van der Waals surface area contributed by atoms with Crippen molar-refractivity contribution < 1.29 is 0 Å². The number of halogens is 1. The van der Waals surface area contributed by atoms with Crippen LogP contribution in [-0.2, 0) is 0 Å². The summed E-state index contributed by atoms with van der Waals surface area (Å²) in [5.41, 5.74) is 2.58. The summed E-state index contributed by atoms with van der Waals surface area (Å²) in [5.74, 6) is 0. The van der Waals surface area contributed by atoms with Gasteiger partial charge in [-0.1, -0.05) is 11.6 Å². The van der Waals surface area contributed by atoms with Crippen LogP contribution in [0.15, 0.2) is 18.2 Å². The molecule has 2 heterocycles. The van der Waals surface area contributed by atoms with E-state index < -0.39 is 0 Å². The second-order valence-corrected chi connectivity index (χ2v) is 5.60. The number of hydrogen-bond acceptors (Lipinski definition) is 4. The molecule has 4 nitrogen and oxygen atoms in total. The lowest BCUT2D eigenvalue weighted by molar-refractivity contribution is 0.534. The van der Waals surface area contributed by atoms with Crippen LogP contribution >= 0.6 is 11.6 Å². The van der Waals surface area contributed by atoms with Crippen molar-refractivity contribution in [2.75, 3.05) is 57.3 Å². The molecule has 2 saturated heterocycles. The number of anilines is 1. The van der Waals surface area contributed by atoms with Crippen LogP contribution < -0.4 is 20.9 Å². The van der Waals surface area contributed by atoms with Crippen LogP contribution in [0.1, 0.15) is 5.56 Å². The summed E-state index contributed by atoms with van der Waals surface area (Å²) >= 11 is 5.93. The minimum absolute atomic E-state index is 0.821. The van der Waals surface area contributed by atoms with E-state index >= 15 is 0 Å². The topological polar surface area (TPSA) is 39.3 Å². The molecule has 0 saturated carbocycles. The van der Waals surface area contributed by atoms with Gasteiger partial charge in [-0.15, -0.1) is 0 Å². The van der Waals surface area contributed by atoms with Crippen molar-refractivity contribution in [2.24, 2.45) is 0 Å². The van der Waals surface area contributed by atoms with Gasteiger partial charge in [0.2, 0.25) is 0 Å². The first-order valence-corrected chi connectivity index (χ1v) is 7.78. The maximum absolute atomic E-state index is 5.93. The van der Waals surface area contributed by atoms with Crippen molar-refractivity contribution >= 4 is 17.3 Å². The van der Waals surface area contributed by atoms with Gasteiger partial charge in [-0.2, -0.15) is 0 Å². The normalized spacial score (nSPS) is 19.2. The highest BCUT2D eigenvalue weighted by atomic mass is 35.5. The Morgan fingerprint density at radius 1 is 0.900 bits per heavy atom. The second-order valence-electron chi connectivity index (χ2n) is 5.17. The Morgan fingerprint density at radius 3 is 1.95 bits per heavy atom. The van der Waals surface area contributed by atoms with Crippen molar-refractivity contribution in [2.45, 2.75) is 6.92 Å². The van der Waals surface area contributed by atoms with Crippen molar-refractivity contribution in [3.05, 3.63) is 28.8 Å². The van der Waals surface area contributed by atoms with Crippen LogP contribution in [0.2, 0.25) is 5.02 Å². The minimum Gasteiger partial charge on any atom is -0.369 e. The summed E-state index contributed by atoms with van der Waals surface area (Å²) < 4.78 is 0. The molecule has 2 aliphatic heterocycles. The summed E-state index contributed by atoms with van der Waals surface area (Å²) in [7, 11) is 0. The van der Waals surface area contributed by atoms with Gasteiger partial charge < -0.3 is 20.9 Å². The Balaban J connectivity index is 0.000000205. The fourth-order valence-corrected chi connectivity index (χ4v) is 2.71. The van der Waals surface area contributed by atoms with Crippen molar-refractivity contribution in [1.29, 1.82) is 0 Å². The number of benzene rings is 1. The fourth-order valence-electron chi connectivity index (χ4n) is 2.48. The third-order valence-corrected chi connectivity index (χ3v) is 3.81. The van der Waals surface area contributed by atoms with E-state index in [-0.39, 0.29) is 0 Å². The van der Waals surface area contributed by atoms with Gasteiger partial charge in [0.15, 0.2) is 0 Å².